The molecule has 0 aromatic carbocycles. The summed E-state index contributed by atoms with van der Waals surface area (Å²) in [6, 6.07) is 1.68. The molecule has 0 radical (unpaired) electrons. The van der Waals surface area contributed by atoms with Gasteiger partial charge in [-0.3, -0.25) is 4.79 Å². The second-order valence-corrected chi connectivity index (χ2v) is 7.66. The first-order valence-electron chi connectivity index (χ1n) is 7.47. The number of rotatable bonds is 5. The van der Waals surface area contributed by atoms with Gasteiger partial charge < -0.3 is 4.57 Å². The van der Waals surface area contributed by atoms with Crippen molar-refractivity contribution in [3.63, 3.8) is 0 Å². The highest BCUT2D eigenvalue weighted by Gasteiger charge is 2.18. The Kier molecular flexibility index (Phi) is 4.99. The van der Waals surface area contributed by atoms with Crippen LogP contribution in [0.15, 0.2) is 28.3 Å². The molecule has 0 saturated heterocycles. The van der Waals surface area contributed by atoms with Crippen LogP contribution in [0.25, 0.3) is 11.4 Å². The van der Waals surface area contributed by atoms with Crippen LogP contribution in [0.5, 0.6) is 0 Å². The Balaban J connectivity index is 2.60. The summed E-state index contributed by atoms with van der Waals surface area (Å²) in [5.41, 5.74) is 1.72. The van der Waals surface area contributed by atoms with Crippen LogP contribution < -0.4 is 5.56 Å². The van der Waals surface area contributed by atoms with Gasteiger partial charge in [-0.25, -0.2) is 18.4 Å². The summed E-state index contributed by atoms with van der Waals surface area (Å²) in [7, 11) is -1.80. The Bertz CT molecular complexity index is 860. The van der Waals surface area contributed by atoms with Crippen molar-refractivity contribution in [1.82, 2.24) is 14.5 Å². The van der Waals surface area contributed by atoms with Crippen LogP contribution in [-0.4, -0.2) is 29.2 Å². The molecule has 0 aliphatic heterocycles. The third kappa shape index (κ3) is 3.85. The monoisotopic (exact) mass is 335 g/mol. The lowest BCUT2D eigenvalue weighted by atomic mass is 10.1. The summed E-state index contributed by atoms with van der Waals surface area (Å²) in [6.45, 7) is 3.75. The largest absolute Gasteiger partial charge is 0.318 e. The van der Waals surface area contributed by atoms with Crippen molar-refractivity contribution >= 4 is 9.84 Å². The molecule has 0 amide bonds. The van der Waals surface area contributed by atoms with E-state index in [9.17, 15) is 13.2 Å². The van der Waals surface area contributed by atoms with Crippen molar-refractivity contribution in [1.29, 1.82) is 0 Å². The molecule has 2 heterocycles. The molecule has 23 heavy (non-hydrogen) atoms. The Morgan fingerprint density at radius 3 is 2.57 bits per heavy atom. The third-order valence-electron chi connectivity index (χ3n) is 3.60. The predicted molar refractivity (Wildman–Crippen MR) is 89.2 cm³/mol. The van der Waals surface area contributed by atoms with E-state index in [1.165, 1.54) is 4.57 Å². The molecule has 2 rings (SSSR count). The van der Waals surface area contributed by atoms with Crippen LogP contribution in [0.4, 0.5) is 0 Å². The first-order valence-corrected chi connectivity index (χ1v) is 9.36. The van der Waals surface area contributed by atoms with Crippen molar-refractivity contribution in [3.8, 4) is 11.4 Å². The lowest BCUT2D eigenvalue weighted by Crippen LogP contribution is -2.18. The first-order chi connectivity index (χ1) is 10.7. The molecule has 0 saturated carbocycles. The zero-order valence-electron chi connectivity index (χ0n) is 13.8. The van der Waals surface area contributed by atoms with E-state index >= 15 is 0 Å². The highest BCUT2D eigenvalue weighted by Crippen LogP contribution is 2.20. The van der Waals surface area contributed by atoms with Crippen LogP contribution in [0.2, 0.25) is 0 Å². The topological polar surface area (TPSA) is 81.9 Å². The molecule has 0 bridgehead atoms. The quantitative estimate of drug-likeness (QED) is 0.779. The van der Waals surface area contributed by atoms with Gasteiger partial charge in [0.2, 0.25) is 0 Å². The molecule has 0 N–H and O–H groups in total. The smallest absolute Gasteiger partial charge is 0.253 e. The Hall–Kier alpha value is -2.02. The summed E-state index contributed by atoms with van der Waals surface area (Å²) >= 11 is 0. The van der Waals surface area contributed by atoms with E-state index in [0.717, 1.165) is 19.1 Å². The molecule has 0 spiro atoms. The lowest BCUT2D eigenvalue weighted by Gasteiger charge is -2.10. The minimum Gasteiger partial charge on any atom is -0.318 e. The number of sulfone groups is 1. The van der Waals surface area contributed by atoms with Crippen molar-refractivity contribution in [2.45, 2.75) is 38.1 Å². The first kappa shape index (κ1) is 17.3. The van der Waals surface area contributed by atoms with E-state index in [4.69, 9.17) is 0 Å². The minimum absolute atomic E-state index is 0.0717. The summed E-state index contributed by atoms with van der Waals surface area (Å²) in [6.07, 6.45) is 6.82. The van der Waals surface area contributed by atoms with Gasteiger partial charge in [-0.2, -0.15) is 0 Å². The minimum atomic E-state index is -3.44. The fourth-order valence-corrected chi connectivity index (χ4v) is 3.27. The van der Waals surface area contributed by atoms with Crippen LogP contribution in [0, 0.1) is 6.92 Å². The predicted octanol–water partition coefficient (Wildman–Crippen LogP) is 1.90. The second kappa shape index (κ2) is 6.62. The maximum atomic E-state index is 12.0. The maximum absolute atomic E-state index is 12.0. The maximum Gasteiger partial charge on any atom is 0.253 e. The fraction of sp³-hybridized carbons (Fsp3) is 0.438. The lowest BCUT2D eigenvalue weighted by molar-refractivity contribution is 0.595. The van der Waals surface area contributed by atoms with Crippen LogP contribution in [0.3, 0.4) is 0 Å². The number of nitrogens with zero attached hydrogens (tertiary/aromatic N) is 3. The van der Waals surface area contributed by atoms with E-state index in [-0.39, 0.29) is 10.6 Å². The highest BCUT2D eigenvalue weighted by atomic mass is 32.2. The van der Waals surface area contributed by atoms with Crippen LogP contribution >= 0.6 is 0 Å². The normalized spacial score (nSPS) is 11.7. The number of aryl methyl sites for hydroxylation is 3. The second-order valence-electron chi connectivity index (χ2n) is 5.73. The van der Waals surface area contributed by atoms with Crippen molar-refractivity contribution in [2.24, 2.45) is 7.05 Å². The van der Waals surface area contributed by atoms with Crippen LogP contribution in [-0.2, 0) is 23.3 Å². The molecule has 7 heteroatoms. The van der Waals surface area contributed by atoms with Gasteiger partial charge in [0.25, 0.3) is 5.56 Å². The van der Waals surface area contributed by atoms with Gasteiger partial charge in [0, 0.05) is 42.4 Å². The van der Waals surface area contributed by atoms with E-state index in [1.54, 1.807) is 32.4 Å². The van der Waals surface area contributed by atoms with E-state index in [0.29, 0.717) is 28.9 Å². The molecule has 0 unspecified atom stereocenters. The van der Waals surface area contributed by atoms with Crippen molar-refractivity contribution in [3.05, 3.63) is 39.9 Å². The SMILES string of the molecule is CCCCc1cnc(-c2cc(C)c(=O)n(C)c2)nc1S(C)(=O)=O. The van der Waals surface area contributed by atoms with Gasteiger partial charge in [0.1, 0.15) is 0 Å². The summed E-state index contributed by atoms with van der Waals surface area (Å²) < 4.78 is 25.5. The summed E-state index contributed by atoms with van der Waals surface area (Å²) in [5, 5.41) is 0.0717. The van der Waals surface area contributed by atoms with Gasteiger partial charge in [-0.1, -0.05) is 13.3 Å². The zero-order chi connectivity index (χ0) is 17.2. The molecule has 0 aliphatic rings. The van der Waals surface area contributed by atoms with Gasteiger partial charge in [0.05, 0.1) is 0 Å². The Morgan fingerprint density at radius 1 is 1.30 bits per heavy atom. The average molecular weight is 335 g/mol. The molecular weight excluding hydrogens is 314 g/mol. The van der Waals surface area contributed by atoms with Gasteiger partial charge in [0.15, 0.2) is 20.7 Å². The molecule has 0 atom stereocenters. The average Bonchev–Trinajstić information content (AvgIpc) is 2.49. The van der Waals surface area contributed by atoms with Gasteiger partial charge >= 0.3 is 0 Å². The number of aromatic nitrogens is 3. The van der Waals surface area contributed by atoms with E-state index in [1.807, 2.05) is 6.92 Å². The summed E-state index contributed by atoms with van der Waals surface area (Å²) in [5.74, 6) is 0.310. The molecule has 2 aromatic rings. The standard InChI is InChI=1S/C16H21N3O3S/c1-5-6-7-12-9-17-14(18-15(12)23(4,21)22)13-8-11(2)16(20)19(3)10-13/h8-10H,5-7H2,1-4H3. The zero-order valence-corrected chi connectivity index (χ0v) is 14.6. The van der Waals surface area contributed by atoms with Crippen LogP contribution in [0.1, 0.15) is 30.9 Å². The number of unbranched alkanes of at least 4 members (excludes halogenated alkanes) is 1. The van der Waals surface area contributed by atoms with E-state index in [2.05, 4.69) is 9.97 Å². The third-order valence-corrected chi connectivity index (χ3v) is 4.65. The van der Waals surface area contributed by atoms with Gasteiger partial charge in [-0.15, -0.1) is 0 Å². The molecule has 124 valence electrons. The number of hydrogen-bond acceptors (Lipinski definition) is 5. The highest BCUT2D eigenvalue weighted by molar-refractivity contribution is 7.90. The number of pyridine rings is 1. The fourth-order valence-electron chi connectivity index (χ4n) is 2.39. The Labute approximate surface area is 136 Å². The molecule has 6 nitrogen and oxygen atoms in total. The molecule has 2 aromatic heterocycles. The van der Waals surface area contributed by atoms with Crippen molar-refractivity contribution < 1.29 is 8.42 Å². The summed E-state index contributed by atoms with van der Waals surface area (Å²) in [4.78, 5) is 20.3. The van der Waals surface area contributed by atoms with Crippen molar-refractivity contribution in [2.75, 3.05) is 6.26 Å². The molecular formula is C16H21N3O3S. The Morgan fingerprint density at radius 2 is 2.00 bits per heavy atom. The van der Waals surface area contributed by atoms with E-state index < -0.39 is 9.84 Å². The number of hydrogen-bond donors (Lipinski definition) is 0. The van der Waals surface area contributed by atoms with Gasteiger partial charge in [-0.05, 0) is 25.8 Å². The molecule has 0 fully saturated rings. The molecule has 0 aliphatic carbocycles.